The van der Waals surface area contributed by atoms with Crippen molar-refractivity contribution < 1.29 is 14.2 Å². The van der Waals surface area contributed by atoms with E-state index in [4.69, 9.17) is 29.2 Å². The molecule has 5 rings (SSSR count). The number of rotatable bonds is 7. The van der Waals surface area contributed by atoms with Crippen LogP contribution in [0, 0.1) is 11.3 Å². The van der Waals surface area contributed by atoms with Gasteiger partial charge in [-0.1, -0.05) is 74.5 Å². The van der Waals surface area contributed by atoms with Crippen LogP contribution in [0.15, 0.2) is 75.6 Å². The predicted molar refractivity (Wildman–Crippen MR) is 130 cm³/mol. The standard InChI is InChI=1S/C27H31N3O3/c1-18(2)21-15-31-24(28-21)14-27(3,25-29-22(16-32-25)19-10-6-4-7-11-19)26-30-23(17-33-26)20-12-8-5-9-13-20/h4-13,18,21-23H,14-17H2,1-3H3/t21-,22+,23+/m1/s1. The van der Waals surface area contributed by atoms with Gasteiger partial charge in [0, 0.05) is 6.42 Å². The van der Waals surface area contributed by atoms with Gasteiger partial charge in [0.15, 0.2) is 17.7 Å². The molecule has 0 aliphatic carbocycles. The molecule has 6 heteroatoms. The highest BCUT2D eigenvalue weighted by Crippen LogP contribution is 2.39. The van der Waals surface area contributed by atoms with E-state index in [9.17, 15) is 0 Å². The number of nitrogens with zero attached hydrogens (tertiary/aromatic N) is 3. The zero-order chi connectivity index (χ0) is 22.8. The highest BCUT2D eigenvalue weighted by molar-refractivity contribution is 6.08. The minimum Gasteiger partial charge on any atom is -0.479 e. The van der Waals surface area contributed by atoms with Crippen molar-refractivity contribution in [1.29, 1.82) is 0 Å². The van der Waals surface area contributed by atoms with Gasteiger partial charge in [0.05, 0.1) is 6.04 Å². The normalized spacial score (nSPS) is 24.6. The second-order valence-corrected chi connectivity index (χ2v) is 9.50. The summed E-state index contributed by atoms with van der Waals surface area (Å²) in [6, 6.07) is 20.6. The molecule has 0 saturated heterocycles. The summed E-state index contributed by atoms with van der Waals surface area (Å²) in [7, 11) is 0. The fraction of sp³-hybridized carbons (Fsp3) is 0.444. The Labute approximate surface area is 195 Å². The maximum atomic E-state index is 6.20. The molecule has 6 nitrogen and oxygen atoms in total. The van der Waals surface area contributed by atoms with Gasteiger partial charge >= 0.3 is 0 Å². The molecular formula is C27H31N3O3. The van der Waals surface area contributed by atoms with Crippen LogP contribution in [0.2, 0.25) is 0 Å². The first-order valence-corrected chi connectivity index (χ1v) is 11.7. The maximum Gasteiger partial charge on any atom is 0.200 e. The van der Waals surface area contributed by atoms with E-state index in [1.807, 2.05) is 36.4 Å². The molecule has 3 heterocycles. The van der Waals surface area contributed by atoms with E-state index in [0.717, 1.165) is 17.0 Å². The quantitative estimate of drug-likeness (QED) is 0.590. The lowest BCUT2D eigenvalue weighted by atomic mass is 9.85. The summed E-state index contributed by atoms with van der Waals surface area (Å²) in [6.07, 6.45) is 0.511. The van der Waals surface area contributed by atoms with E-state index in [0.29, 0.717) is 44.0 Å². The SMILES string of the molecule is CC(C)[C@H]1COC(CC(C)(C2=N[C@H](c3ccccc3)CO2)C2=N[C@H](c3ccccc3)CO2)=N1. The largest absolute Gasteiger partial charge is 0.479 e. The molecule has 2 aromatic carbocycles. The Balaban J connectivity index is 1.47. The van der Waals surface area contributed by atoms with Crippen LogP contribution in [0.3, 0.4) is 0 Å². The Morgan fingerprint density at radius 2 is 1.27 bits per heavy atom. The van der Waals surface area contributed by atoms with Crippen LogP contribution in [0.5, 0.6) is 0 Å². The van der Waals surface area contributed by atoms with Crippen molar-refractivity contribution in [3.05, 3.63) is 71.8 Å². The summed E-state index contributed by atoms with van der Waals surface area (Å²) < 4.78 is 18.4. The molecule has 0 spiro atoms. The van der Waals surface area contributed by atoms with Gasteiger partial charge in [-0.3, -0.25) is 0 Å². The van der Waals surface area contributed by atoms with Gasteiger partial charge in [-0.2, -0.15) is 0 Å². The number of aliphatic imine (C=N–C) groups is 3. The summed E-state index contributed by atoms with van der Waals surface area (Å²) in [5.41, 5.74) is 1.60. The maximum absolute atomic E-state index is 6.20. The van der Waals surface area contributed by atoms with Crippen LogP contribution in [0.1, 0.15) is 50.4 Å². The number of hydrogen-bond acceptors (Lipinski definition) is 6. The van der Waals surface area contributed by atoms with Crippen molar-refractivity contribution in [2.45, 2.75) is 45.3 Å². The van der Waals surface area contributed by atoms with Gasteiger partial charge in [-0.15, -0.1) is 0 Å². The van der Waals surface area contributed by atoms with Crippen molar-refractivity contribution in [1.82, 2.24) is 0 Å². The van der Waals surface area contributed by atoms with Gasteiger partial charge in [0.1, 0.15) is 37.3 Å². The van der Waals surface area contributed by atoms with Crippen molar-refractivity contribution in [2.75, 3.05) is 19.8 Å². The third-order valence-corrected chi connectivity index (χ3v) is 6.62. The average Bonchev–Trinajstić information content (AvgIpc) is 3.61. The minimum atomic E-state index is -0.683. The molecule has 0 saturated carbocycles. The molecule has 33 heavy (non-hydrogen) atoms. The first-order chi connectivity index (χ1) is 16.0. The highest BCUT2D eigenvalue weighted by atomic mass is 16.5. The highest BCUT2D eigenvalue weighted by Gasteiger charge is 2.47. The third kappa shape index (κ3) is 4.39. The van der Waals surface area contributed by atoms with E-state index in [1.54, 1.807) is 0 Å². The minimum absolute atomic E-state index is 0.0395. The van der Waals surface area contributed by atoms with E-state index in [1.165, 1.54) is 0 Å². The van der Waals surface area contributed by atoms with Gasteiger partial charge < -0.3 is 14.2 Å². The zero-order valence-electron chi connectivity index (χ0n) is 19.5. The van der Waals surface area contributed by atoms with Crippen molar-refractivity contribution in [2.24, 2.45) is 26.3 Å². The molecule has 0 aromatic heterocycles. The molecule has 0 N–H and O–H groups in total. The number of ether oxygens (including phenoxy) is 3. The number of hydrogen-bond donors (Lipinski definition) is 0. The molecule has 172 valence electrons. The molecule has 0 bridgehead atoms. The van der Waals surface area contributed by atoms with Crippen molar-refractivity contribution in [3.8, 4) is 0 Å². The molecule has 3 aliphatic heterocycles. The van der Waals surface area contributed by atoms with Gasteiger partial charge in [-0.25, -0.2) is 15.0 Å². The molecule has 0 radical (unpaired) electrons. The average molecular weight is 446 g/mol. The summed E-state index contributed by atoms with van der Waals surface area (Å²) >= 11 is 0. The van der Waals surface area contributed by atoms with Crippen LogP contribution in [-0.2, 0) is 14.2 Å². The van der Waals surface area contributed by atoms with E-state index in [2.05, 4.69) is 45.0 Å². The van der Waals surface area contributed by atoms with Crippen LogP contribution in [0.4, 0.5) is 0 Å². The lowest BCUT2D eigenvalue weighted by Crippen LogP contribution is -2.39. The Morgan fingerprint density at radius 3 is 1.73 bits per heavy atom. The van der Waals surface area contributed by atoms with Crippen LogP contribution >= 0.6 is 0 Å². The molecule has 0 amide bonds. The summed E-state index contributed by atoms with van der Waals surface area (Å²) in [5, 5.41) is 0. The Kier molecular flexibility index (Phi) is 5.92. The van der Waals surface area contributed by atoms with Crippen molar-refractivity contribution in [3.63, 3.8) is 0 Å². The fourth-order valence-electron chi connectivity index (χ4n) is 4.47. The molecule has 2 aromatic rings. The van der Waals surface area contributed by atoms with Gasteiger partial charge in [0.25, 0.3) is 0 Å². The monoisotopic (exact) mass is 445 g/mol. The lowest BCUT2D eigenvalue weighted by Gasteiger charge is -2.27. The molecular weight excluding hydrogens is 414 g/mol. The second kappa shape index (κ2) is 9.00. The Bertz CT molecular complexity index is 997. The van der Waals surface area contributed by atoms with E-state index >= 15 is 0 Å². The van der Waals surface area contributed by atoms with Gasteiger partial charge in [-0.05, 0) is 24.0 Å². The topological polar surface area (TPSA) is 64.8 Å². The van der Waals surface area contributed by atoms with Crippen LogP contribution in [-0.4, -0.2) is 43.6 Å². The Hall–Kier alpha value is -3.15. The molecule has 3 atom stereocenters. The lowest BCUT2D eigenvalue weighted by molar-refractivity contribution is 0.249. The number of benzene rings is 2. The summed E-state index contributed by atoms with van der Waals surface area (Å²) in [5.74, 6) is 2.44. The first-order valence-electron chi connectivity index (χ1n) is 11.7. The van der Waals surface area contributed by atoms with E-state index in [-0.39, 0.29) is 18.1 Å². The van der Waals surface area contributed by atoms with Gasteiger partial charge in [0.2, 0.25) is 0 Å². The Morgan fingerprint density at radius 1 is 0.758 bits per heavy atom. The molecule has 3 aliphatic rings. The van der Waals surface area contributed by atoms with E-state index < -0.39 is 5.41 Å². The zero-order valence-corrected chi connectivity index (χ0v) is 19.5. The first kappa shape index (κ1) is 21.7. The van der Waals surface area contributed by atoms with Crippen LogP contribution in [0.25, 0.3) is 0 Å². The molecule has 0 fully saturated rings. The van der Waals surface area contributed by atoms with Crippen LogP contribution < -0.4 is 0 Å². The molecule has 0 unspecified atom stereocenters. The fourth-order valence-corrected chi connectivity index (χ4v) is 4.47. The third-order valence-electron chi connectivity index (χ3n) is 6.62. The summed E-state index contributed by atoms with van der Waals surface area (Å²) in [4.78, 5) is 14.8. The summed E-state index contributed by atoms with van der Waals surface area (Å²) in [6.45, 7) is 8.05. The van der Waals surface area contributed by atoms with Crippen molar-refractivity contribution >= 4 is 17.7 Å². The predicted octanol–water partition coefficient (Wildman–Crippen LogP) is 5.18. The smallest absolute Gasteiger partial charge is 0.200 e. The second-order valence-electron chi connectivity index (χ2n) is 9.50.